The molecule has 0 radical (unpaired) electrons. The highest BCUT2D eigenvalue weighted by Crippen LogP contribution is 2.27. The molecular weight excluding hydrogens is 376 g/mol. The Balaban J connectivity index is 1.73. The first-order valence-electron chi connectivity index (χ1n) is 9.67. The molecule has 6 nitrogen and oxygen atoms in total. The van der Waals surface area contributed by atoms with Crippen LogP contribution in [0.1, 0.15) is 22.7 Å². The monoisotopic (exact) mass is 398 g/mol. The van der Waals surface area contributed by atoms with Crippen LogP contribution in [-0.4, -0.2) is 30.7 Å². The summed E-state index contributed by atoms with van der Waals surface area (Å²) in [4.78, 5) is 32.2. The fraction of sp³-hybridized carbons (Fsp3) is 0.125. The van der Waals surface area contributed by atoms with Gasteiger partial charge in [0.05, 0.1) is 11.4 Å². The number of para-hydroxylation sites is 1. The maximum absolute atomic E-state index is 13.1. The molecule has 1 heterocycles. The molecule has 6 heteroatoms. The van der Waals surface area contributed by atoms with Crippen LogP contribution in [-0.2, 0) is 9.59 Å². The summed E-state index contributed by atoms with van der Waals surface area (Å²) in [6, 6.07) is 25.3. The maximum atomic E-state index is 13.1. The molecule has 4 rings (SSSR count). The van der Waals surface area contributed by atoms with E-state index in [4.69, 9.17) is 5.73 Å². The number of carbonyl (C=O) groups excluding carboxylic acids is 2. The molecule has 0 aliphatic carbocycles. The third-order valence-corrected chi connectivity index (χ3v) is 5.11. The number of nitrogens with one attached hydrogen (secondary N) is 1. The van der Waals surface area contributed by atoms with Crippen molar-refractivity contribution >= 4 is 23.2 Å². The average Bonchev–Trinajstić information content (AvgIpc) is 2.90. The van der Waals surface area contributed by atoms with Crippen molar-refractivity contribution in [1.82, 2.24) is 5.32 Å². The topological polar surface area (TPSA) is 87.8 Å². The SMILES string of the molecule is CN1C(=O)C(NC(=O)[C@@H](N)c2ccccc2)N=C(c2ccccc2)c2ccccc21. The van der Waals surface area contributed by atoms with Gasteiger partial charge in [-0.25, -0.2) is 4.99 Å². The zero-order valence-corrected chi connectivity index (χ0v) is 16.5. The molecule has 2 atom stereocenters. The van der Waals surface area contributed by atoms with E-state index in [1.54, 1.807) is 19.2 Å². The van der Waals surface area contributed by atoms with Crippen LogP contribution >= 0.6 is 0 Å². The molecule has 0 spiro atoms. The molecule has 30 heavy (non-hydrogen) atoms. The minimum atomic E-state index is -1.08. The van der Waals surface area contributed by atoms with Crippen LogP contribution < -0.4 is 16.0 Å². The first-order valence-corrected chi connectivity index (χ1v) is 9.67. The van der Waals surface area contributed by atoms with Crippen LogP contribution in [0, 0.1) is 0 Å². The summed E-state index contributed by atoms with van der Waals surface area (Å²) in [6.07, 6.45) is -1.08. The number of benzodiazepines with no additional fused rings is 1. The van der Waals surface area contributed by atoms with Gasteiger partial charge in [-0.2, -0.15) is 0 Å². The molecule has 0 fully saturated rings. The summed E-state index contributed by atoms with van der Waals surface area (Å²) in [5, 5.41) is 2.73. The molecule has 0 saturated heterocycles. The van der Waals surface area contributed by atoms with Crippen molar-refractivity contribution in [1.29, 1.82) is 0 Å². The molecule has 1 aliphatic heterocycles. The minimum Gasteiger partial charge on any atom is -0.325 e. The van der Waals surface area contributed by atoms with E-state index in [0.717, 1.165) is 16.8 Å². The molecule has 0 aromatic heterocycles. The second-order valence-electron chi connectivity index (χ2n) is 7.06. The second-order valence-corrected chi connectivity index (χ2v) is 7.06. The van der Waals surface area contributed by atoms with Crippen LogP contribution in [0.25, 0.3) is 0 Å². The molecule has 3 N–H and O–H groups in total. The first-order chi connectivity index (χ1) is 14.6. The van der Waals surface area contributed by atoms with Crippen LogP contribution in [0.2, 0.25) is 0 Å². The highest BCUT2D eigenvalue weighted by atomic mass is 16.2. The Kier molecular flexibility index (Phi) is 5.41. The lowest BCUT2D eigenvalue weighted by atomic mass is 10.0. The Morgan fingerprint density at radius 1 is 0.967 bits per heavy atom. The number of anilines is 1. The van der Waals surface area contributed by atoms with Crippen LogP contribution in [0.15, 0.2) is 89.9 Å². The smallest absolute Gasteiger partial charge is 0.272 e. The van der Waals surface area contributed by atoms with Gasteiger partial charge in [-0.05, 0) is 11.6 Å². The van der Waals surface area contributed by atoms with Gasteiger partial charge in [-0.3, -0.25) is 9.59 Å². The summed E-state index contributed by atoms with van der Waals surface area (Å²) >= 11 is 0. The molecule has 0 bridgehead atoms. The van der Waals surface area contributed by atoms with Crippen molar-refractivity contribution in [3.63, 3.8) is 0 Å². The lowest BCUT2D eigenvalue weighted by Gasteiger charge is -2.22. The summed E-state index contributed by atoms with van der Waals surface area (Å²) in [6.45, 7) is 0. The molecular formula is C24H22N4O2. The molecule has 3 aromatic carbocycles. The summed E-state index contributed by atoms with van der Waals surface area (Å²) in [7, 11) is 1.68. The maximum Gasteiger partial charge on any atom is 0.272 e. The second kappa shape index (κ2) is 8.31. The van der Waals surface area contributed by atoms with Gasteiger partial charge >= 0.3 is 0 Å². The number of nitrogens with zero attached hydrogens (tertiary/aromatic N) is 2. The number of fused-ring (bicyclic) bond motifs is 1. The Morgan fingerprint density at radius 2 is 1.57 bits per heavy atom. The van der Waals surface area contributed by atoms with Crippen molar-refractivity contribution in [3.8, 4) is 0 Å². The quantitative estimate of drug-likeness (QED) is 0.708. The zero-order valence-electron chi connectivity index (χ0n) is 16.5. The van der Waals surface area contributed by atoms with E-state index >= 15 is 0 Å². The number of benzene rings is 3. The van der Waals surface area contributed by atoms with E-state index < -0.39 is 18.1 Å². The third kappa shape index (κ3) is 3.73. The van der Waals surface area contributed by atoms with E-state index in [1.165, 1.54) is 4.90 Å². The first kappa shape index (κ1) is 19.5. The van der Waals surface area contributed by atoms with Crippen molar-refractivity contribution in [2.24, 2.45) is 10.7 Å². The molecule has 3 aromatic rings. The number of carbonyl (C=O) groups is 2. The van der Waals surface area contributed by atoms with Crippen LogP contribution in [0.4, 0.5) is 5.69 Å². The van der Waals surface area contributed by atoms with Gasteiger partial charge in [0.15, 0.2) is 0 Å². The molecule has 1 aliphatic rings. The van der Waals surface area contributed by atoms with E-state index in [9.17, 15) is 9.59 Å². The van der Waals surface area contributed by atoms with Crippen LogP contribution in [0.5, 0.6) is 0 Å². The van der Waals surface area contributed by atoms with E-state index in [-0.39, 0.29) is 5.91 Å². The summed E-state index contributed by atoms with van der Waals surface area (Å²) in [5.41, 5.74) is 9.84. The predicted molar refractivity (Wildman–Crippen MR) is 117 cm³/mol. The fourth-order valence-electron chi connectivity index (χ4n) is 3.48. The number of aliphatic imine (C=N–C) groups is 1. The van der Waals surface area contributed by atoms with E-state index in [2.05, 4.69) is 10.3 Å². The van der Waals surface area contributed by atoms with Crippen molar-refractivity contribution in [3.05, 3.63) is 102 Å². The number of nitrogens with two attached hydrogens (primary N) is 1. The van der Waals surface area contributed by atoms with E-state index in [1.807, 2.05) is 72.8 Å². The Hall–Kier alpha value is -3.77. The molecule has 0 saturated carbocycles. The zero-order chi connectivity index (χ0) is 21.1. The van der Waals surface area contributed by atoms with Crippen LogP contribution in [0.3, 0.4) is 0 Å². The van der Waals surface area contributed by atoms with Crippen molar-refractivity contribution in [2.45, 2.75) is 12.2 Å². The number of hydrogen-bond acceptors (Lipinski definition) is 4. The normalized spacial score (nSPS) is 16.9. The largest absolute Gasteiger partial charge is 0.325 e. The summed E-state index contributed by atoms with van der Waals surface area (Å²) in [5.74, 6) is -0.794. The van der Waals surface area contributed by atoms with Gasteiger partial charge in [-0.15, -0.1) is 0 Å². The Bertz CT molecular complexity index is 1100. The standard InChI is InChI=1S/C24H22N4O2/c1-28-19-15-9-8-14-18(19)21(17-12-6-3-7-13-17)26-22(24(28)30)27-23(29)20(25)16-10-4-2-5-11-16/h2-15,20,22H,25H2,1H3,(H,27,29)/t20-,22?/m0/s1. The number of hydrogen-bond donors (Lipinski definition) is 2. The van der Waals surface area contributed by atoms with Crippen molar-refractivity contribution < 1.29 is 9.59 Å². The van der Waals surface area contributed by atoms with Gasteiger partial charge in [0, 0.05) is 18.2 Å². The number of amides is 2. The fourth-order valence-corrected chi connectivity index (χ4v) is 3.48. The molecule has 2 amide bonds. The Morgan fingerprint density at radius 3 is 2.27 bits per heavy atom. The summed E-state index contributed by atoms with van der Waals surface area (Å²) < 4.78 is 0. The number of rotatable bonds is 4. The molecule has 150 valence electrons. The highest BCUT2D eigenvalue weighted by molar-refractivity contribution is 6.20. The van der Waals surface area contributed by atoms with Gasteiger partial charge < -0.3 is 16.0 Å². The molecule has 1 unspecified atom stereocenters. The lowest BCUT2D eigenvalue weighted by molar-refractivity contribution is -0.128. The van der Waals surface area contributed by atoms with Crippen molar-refractivity contribution in [2.75, 3.05) is 11.9 Å². The Labute approximate surface area is 175 Å². The van der Waals surface area contributed by atoms with Gasteiger partial charge in [0.25, 0.3) is 5.91 Å². The van der Waals surface area contributed by atoms with Gasteiger partial charge in [0.2, 0.25) is 12.1 Å². The highest BCUT2D eigenvalue weighted by Gasteiger charge is 2.32. The third-order valence-electron chi connectivity index (χ3n) is 5.11. The average molecular weight is 398 g/mol. The minimum absolute atomic E-state index is 0.331. The number of likely N-dealkylation sites (N-methyl/N-ethyl adjacent to an activating group) is 1. The van der Waals surface area contributed by atoms with Gasteiger partial charge in [-0.1, -0.05) is 78.9 Å². The van der Waals surface area contributed by atoms with E-state index in [0.29, 0.717) is 11.3 Å². The van der Waals surface area contributed by atoms with Gasteiger partial charge in [0.1, 0.15) is 6.04 Å². The lowest BCUT2D eigenvalue weighted by Crippen LogP contribution is -2.48. The predicted octanol–water partition coefficient (Wildman–Crippen LogP) is 2.64.